The fourth-order valence-electron chi connectivity index (χ4n) is 5.39. The molecule has 0 N–H and O–H groups in total. The Labute approximate surface area is 227 Å². The molecule has 1 amide bonds. The first kappa shape index (κ1) is 30.2. The monoisotopic (exact) mass is 530 g/mol. The van der Waals surface area contributed by atoms with E-state index < -0.39 is 38.4 Å². The van der Waals surface area contributed by atoms with Crippen LogP contribution in [0.15, 0.2) is 18.2 Å². The summed E-state index contributed by atoms with van der Waals surface area (Å²) in [5, 5.41) is 0. The van der Waals surface area contributed by atoms with Crippen LogP contribution < -0.4 is 5.46 Å². The highest BCUT2D eigenvalue weighted by Gasteiger charge is 2.52. The van der Waals surface area contributed by atoms with Gasteiger partial charge in [-0.05, 0) is 90.9 Å². The van der Waals surface area contributed by atoms with Crippen molar-refractivity contribution < 1.29 is 23.6 Å². The molecule has 207 valence electrons. The Balaban J connectivity index is 1.97. The fourth-order valence-corrected chi connectivity index (χ4v) is 7.82. The highest BCUT2D eigenvalue weighted by Crippen LogP contribution is 2.38. The summed E-state index contributed by atoms with van der Waals surface area (Å²) in [6.45, 7) is 25.4. The molecule has 0 bridgehead atoms. The quantitative estimate of drug-likeness (QED) is 0.400. The second-order valence-electron chi connectivity index (χ2n) is 13.1. The number of benzene rings is 1. The van der Waals surface area contributed by atoms with Gasteiger partial charge in [0.25, 0.3) is 0 Å². The number of nitrogens with zero attached hydrogens (tertiary/aromatic N) is 1. The molecule has 1 unspecified atom stereocenters. The maximum atomic E-state index is 13.2. The van der Waals surface area contributed by atoms with Crippen molar-refractivity contribution in [3.63, 3.8) is 0 Å². The summed E-state index contributed by atoms with van der Waals surface area (Å²) in [5.41, 5.74) is 1.96. The van der Waals surface area contributed by atoms with Crippen molar-refractivity contribution in [3.8, 4) is 0 Å². The molecular formula is C29H49BNO5Si. The molecule has 0 aliphatic carbocycles. The zero-order chi connectivity index (χ0) is 28.0. The summed E-state index contributed by atoms with van der Waals surface area (Å²) < 4.78 is 24.9. The van der Waals surface area contributed by atoms with Crippen LogP contribution in [0.25, 0.3) is 0 Å². The van der Waals surface area contributed by atoms with Gasteiger partial charge in [0.2, 0.25) is 0 Å². The van der Waals surface area contributed by atoms with Crippen LogP contribution in [-0.4, -0.2) is 62.1 Å². The van der Waals surface area contributed by atoms with E-state index in [2.05, 4.69) is 66.7 Å². The molecule has 1 aromatic rings. The molecule has 37 heavy (non-hydrogen) atoms. The van der Waals surface area contributed by atoms with Crippen LogP contribution in [0, 0.1) is 0 Å². The molecule has 0 spiro atoms. The van der Waals surface area contributed by atoms with Crippen molar-refractivity contribution in [1.82, 2.24) is 4.90 Å². The lowest BCUT2D eigenvalue weighted by molar-refractivity contribution is -0.0624. The van der Waals surface area contributed by atoms with Gasteiger partial charge in [-0.1, -0.05) is 51.1 Å². The Morgan fingerprint density at radius 3 is 2.19 bits per heavy atom. The lowest BCUT2D eigenvalue weighted by atomic mass is 9.74. The normalized spacial score (nSPS) is 23.5. The Morgan fingerprint density at radius 2 is 1.68 bits per heavy atom. The summed E-state index contributed by atoms with van der Waals surface area (Å²) in [5.74, 6) is 0. The summed E-state index contributed by atoms with van der Waals surface area (Å²) >= 11 is 0. The highest BCUT2D eigenvalue weighted by molar-refractivity contribution is 6.65. The molecule has 2 heterocycles. The van der Waals surface area contributed by atoms with E-state index in [-0.39, 0.29) is 12.1 Å². The molecule has 2 aliphatic heterocycles. The average molecular weight is 531 g/mol. The van der Waals surface area contributed by atoms with E-state index in [0.717, 1.165) is 11.0 Å². The van der Waals surface area contributed by atoms with E-state index >= 15 is 0 Å². The topological polar surface area (TPSA) is 57.2 Å². The second kappa shape index (κ2) is 10.7. The molecule has 8 heteroatoms. The van der Waals surface area contributed by atoms with E-state index in [4.69, 9.17) is 18.8 Å². The number of hydrogen-bond donors (Lipinski definition) is 0. The molecule has 6 nitrogen and oxygen atoms in total. The zero-order valence-corrected chi connectivity index (χ0v) is 26.3. The number of hydrogen-bond acceptors (Lipinski definition) is 5. The largest absolute Gasteiger partial charge is 0.495 e. The third kappa shape index (κ3) is 6.46. The van der Waals surface area contributed by atoms with E-state index in [9.17, 15) is 4.79 Å². The lowest BCUT2D eigenvalue weighted by Crippen LogP contribution is -2.50. The van der Waals surface area contributed by atoms with Crippen LogP contribution in [0.5, 0.6) is 0 Å². The second-order valence-corrected chi connectivity index (χ2v) is 16.7. The Hall–Kier alpha value is -1.35. The van der Waals surface area contributed by atoms with Crippen LogP contribution in [-0.2, 0) is 25.2 Å². The molecule has 0 aromatic heterocycles. The number of rotatable bonds is 7. The van der Waals surface area contributed by atoms with Crippen molar-refractivity contribution in [2.75, 3.05) is 6.61 Å². The minimum absolute atomic E-state index is 0.120. The van der Waals surface area contributed by atoms with Crippen molar-refractivity contribution in [1.29, 1.82) is 0 Å². The zero-order valence-electron chi connectivity index (χ0n) is 25.3. The van der Waals surface area contributed by atoms with Crippen molar-refractivity contribution in [2.24, 2.45) is 0 Å². The van der Waals surface area contributed by atoms with Gasteiger partial charge in [-0.25, -0.2) is 4.79 Å². The smallest absolute Gasteiger partial charge is 0.444 e. The lowest BCUT2D eigenvalue weighted by Gasteiger charge is -2.35. The molecule has 1 aromatic carbocycles. The predicted molar refractivity (Wildman–Crippen MR) is 153 cm³/mol. The van der Waals surface area contributed by atoms with Crippen molar-refractivity contribution in [3.05, 3.63) is 29.3 Å². The third-order valence-corrected chi connectivity index (χ3v) is 11.6. The number of ether oxygens (including phenoxy) is 2. The minimum Gasteiger partial charge on any atom is -0.444 e. The first-order valence-corrected chi connectivity index (χ1v) is 15.9. The molecule has 2 aliphatic rings. The molecule has 2 atom stereocenters. The fraction of sp³-hybridized carbons (Fsp3) is 0.759. The van der Waals surface area contributed by atoms with Crippen LogP contribution in [0.4, 0.5) is 4.79 Å². The van der Waals surface area contributed by atoms with E-state index in [1.165, 1.54) is 17.7 Å². The van der Waals surface area contributed by atoms with Gasteiger partial charge in [0, 0.05) is 0 Å². The number of amides is 1. The van der Waals surface area contributed by atoms with Crippen molar-refractivity contribution >= 4 is 27.5 Å². The van der Waals surface area contributed by atoms with Crippen LogP contribution in [0.3, 0.4) is 0 Å². The molecule has 1 radical (unpaired) electrons. The van der Waals surface area contributed by atoms with Gasteiger partial charge in [-0.15, -0.1) is 0 Å². The SMILES string of the molecule is CC[Si](CC)C(C)c1ccc(C[C@@H]2COC(C)(C)N2C(=O)OC(C)(C)C)cc1B1OC(C)(C)C(C)(C)O1. The summed E-state index contributed by atoms with van der Waals surface area (Å²) in [6, 6.07) is 9.07. The minimum atomic E-state index is -0.727. The van der Waals surface area contributed by atoms with Gasteiger partial charge in [0.05, 0.1) is 32.6 Å². The van der Waals surface area contributed by atoms with E-state index in [0.29, 0.717) is 18.6 Å². The maximum absolute atomic E-state index is 13.2. The molecule has 2 fully saturated rings. The van der Waals surface area contributed by atoms with Gasteiger partial charge in [0.1, 0.15) is 11.3 Å². The molecule has 2 saturated heterocycles. The summed E-state index contributed by atoms with van der Waals surface area (Å²) in [4.78, 5) is 14.9. The summed E-state index contributed by atoms with van der Waals surface area (Å²) in [6.07, 6.45) is 0.331. The predicted octanol–water partition coefficient (Wildman–Crippen LogP) is 6.08. The van der Waals surface area contributed by atoms with Gasteiger partial charge >= 0.3 is 13.2 Å². The van der Waals surface area contributed by atoms with Gasteiger partial charge in [0.15, 0.2) is 0 Å². The highest BCUT2D eigenvalue weighted by atomic mass is 28.3. The average Bonchev–Trinajstić information content (AvgIpc) is 3.17. The van der Waals surface area contributed by atoms with Gasteiger partial charge in [-0.3, -0.25) is 4.90 Å². The third-order valence-electron chi connectivity index (χ3n) is 8.28. The first-order valence-electron chi connectivity index (χ1n) is 13.9. The Kier molecular flexibility index (Phi) is 8.71. The van der Waals surface area contributed by atoms with Gasteiger partial charge in [-0.2, -0.15) is 0 Å². The standard InChI is InChI=1S/C29H49BNO5Si/c1-13-37(14-2)20(3)23-16-15-21(18-24(23)30-35-27(7,8)28(9,10)36-30)17-22-19-33-29(11,12)31(22)25(32)34-26(4,5)6/h15-16,18,20,22H,13-14,17,19H2,1-12H3/t20?,22-/m1/s1. The number of carbonyl (C=O) groups excluding carboxylic acids is 1. The summed E-state index contributed by atoms with van der Waals surface area (Å²) in [7, 11) is -0.967. The Morgan fingerprint density at radius 1 is 1.11 bits per heavy atom. The maximum Gasteiger partial charge on any atom is 0.495 e. The van der Waals surface area contributed by atoms with Crippen LogP contribution in [0.1, 0.15) is 99.8 Å². The molecule has 3 rings (SSSR count). The van der Waals surface area contributed by atoms with Gasteiger partial charge < -0.3 is 18.8 Å². The molecule has 0 saturated carbocycles. The van der Waals surface area contributed by atoms with E-state index in [1.54, 1.807) is 4.90 Å². The van der Waals surface area contributed by atoms with Crippen LogP contribution in [0.2, 0.25) is 12.1 Å². The van der Waals surface area contributed by atoms with Crippen molar-refractivity contribution in [2.45, 2.75) is 136 Å². The Bertz CT molecular complexity index is 954. The molecular weight excluding hydrogens is 481 g/mol. The van der Waals surface area contributed by atoms with E-state index in [1.807, 2.05) is 34.6 Å². The van der Waals surface area contributed by atoms with Crippen LogP contribution >= 0.6 is 0 Å². The number of carbonyl (C=O) groups is 1. The first-order chi connectivity index (χ1) is 16.9.